The summed E-state index contributed by atoms with van der Waals surface area (Å²) in [5.41, 5.74) is 3.94. The third-order valence-electron chi connectivity index (χ3n) is 2.32. The molecule has 0 fully saturated rings. The number of allylic oxidation sites excluding steroid dienone is 9. The molecule has 2 rings (SSSR count). The quantitative estimate of drug-likeness (QED) is 0.570. The van der Waals surface area contributed by atoms with Gasteiger partial charge in [-0.15, -0.1) is 26.3 Å². The van der Waals surface area contributed by atoms with Crippen LogP contribution in [-0.4, -0.2) is 0 Å². The highest BCUT2D eigenvalue weighted by Crippen LogP contribution is 2.28. The summed E-state index contributed by atoms with van der Waals surface area (Å²) in [6, 6.07) is 0. The molecule has 0 radical (unpaired) electrons. The van der Waals surface area contributed by atoms with Crippen LogP contribution in [0.1, 0.15) is 12.8 Å². The van der Waals surface area contributed by atoms with Crippen molar-refractivity contribution in [3.8, 4) is 0 Å². The third-order valence-corrected chi connectivity index (χ3v) is 2.32. The number of hydrogen-bond donors (Lipinski definition) is 0. The first kappa shape index (κ1) is 14.2. The van der Waals surface area contributed by atoms with Crippen molar-refractivity contribution in [3.05, 3.63) is 86.1 Å². The van der Waals surface area contributed by atoms with Gasteiger partial charge in [-0.25, -0.2) is 0 Å². The molecular weight excluding hydrogens is 192 g/mol. The average molecular weight is 212 g/mol. The van der Waals surface area contributed by atoms with Crippen LogP contribution in [0, 0.1) is 0 Å². The number of hydrogen-bond acceptors (Lipinski definition) is 0. The summed E-state index contributed by atoms with van der Waals surface area (Å²) < 4.78 is 0. The van der Waals surface area contributed by atoms with E-state index in [0.717, 1.165) is 12.8 Å². The second-order valence-corrected chi connectivity index (χ2v) is 3.13. The van der Waals surface area contributed by atoms with Gasteiger partial charge in [-0.3, -0.25) is 0 Å². The van der Waals surface area contributed by atoms with Crippen LogP contribution in [0.25, 0.3) is 0 Å². The van der Waals surface area contributed by atoms with Crippen LogP contribution >= 0.6 is 0 Å². The molecule has 0 saturated heterocycles. The number of rotatable bonds is 2. The van der Waals surface area contributed by atoms with Gasteiger partial charge in [0, 0.05) is 0 Å². The minimum absolute atomic E-state index is 1.05. The first-order valence-corrected chi connectivity index (χ1v) is 5.29. The van der Waals surface area contributed by atoms with Crippen LogP contribution in [0.15, 0.2) is 86.1 Å². The van der Waals surface area contributed by atoms with Gasteiger partial charge in [-0.05, 0) is 29.6 Å². The van der Waals surface area contributed by atoms with Crippen LogP contribution in [0.2, 0.25) is 0 Å². The molecule has 0 heterocycles. The predicted molar refractivity (Wildman–Crippen MR) is 75.3 cm³/mol. The summed E-state index contributed by atoms with van der Waals surface area (Å²) >= 11 is 0. The molecule has 0 heteroatoms. The Kier molecular flexibility index (Phi) is 7.52. The van der Waals surface area contributed by atoms with Gasteiger partial charge in [0.2, 0.25) is 0 Å². The van der Waals surface area contributed by atoms with Gasteiger partial charge in [0.05, 0.1) is 0 Å². The summed E-state index contributed by atoms with van der Waals surface area (Å²) in [5, 5.41) is 0. The summed E-state index contributed by atoms with van der Waals surface area (Å²) in [7, 11) is 0. The van der Waals surface area contributed by atoms with E-state index in [2.05, 4.69) is 69.4 Å². The smallest absolute Gasteiger partial charge is 0.00885 e. The Labute approximate surface area is 99.4 Å². The molecule has 0 unspecified atom stereocenters. The lowest BCUT2D eigenvalue weighted by Crippen LogP contribution is -1.88. The van der Waals surface area contributed by atoms with E-state index in [1.807, 2.05) is 0 Å². The maximum absolute atomic E-state index is 4.10. The van der Waals surface area contributed by atoms with Crippen molar-refractivity contribution in [2.75, 3.05) is 0 Å². The summed E-state index contributed by atoms with van der Waals surface area (Å²) in [4.78, 5) is 0. The van der Waals surface area contributed by atoms with Crippen molar-refractivity contribution >= 4 is 0 Å². The summed E-state index contributed by atoms with van der Waals surface area (Å²) in [5.74, 6) is 0. The van der Waals surface area contributed by atoms with Crippen LogP contribution in [0.4, 0.5) is 0 Å². The molecular formula is C16H20. The van der Waals surface area contributed by atoms with E-state index < -0.39 is 0 Å². The van der Waals surface area contributed by atoms with E-state index >= 15 is 0 Å². The zero-order valence-corrected chi connectivity index (χ0v) is 9.91. The van der Waals surface area contributed by atoms with Gasteiger partial charge in [0.15, 0.2) is 0 Å². The molecule has 0 amide bonds. The lowest BCUT2D eigenvalue weighted by atomic mass is 9.98. The molecule has 0 aliphatic heterocycles. The van der Waals surface area contributed by atoms with Crippen molar-refractivity contribution in [1.82, 2.24) is 0 Å². The molecule has 84 valence electrons. The van der Waals surface area contributed by atoms with E-state index in [-0.39, 0.29) is 0 Å². The maximum atomic E-state index is 4.10. The Hall–Kier alpha value is -1.82. The second kappa shape index (κ2) is 8.49. The lowest BCUT2D eigenvalue weighted by Gasteiger charge is -2.06. The first-order chi connectivity index (χ1) is 7.88. The van der Waals surface area contributed by atoms with Crippen LogP contribution < -0.4 is 0 Å². The molecule has 0 spiro atoms. The Balaban J connectivity index is 0.000000509. The molecule has 0 aromatic carbocycles. The third kappa shape index (κ3) is 3.74. The Morgan fingerprint density at radius 3 is 1.44 bits per heavy atom. The fourth-order valence-corrected chi connectivity index (χ4v) is 1.55. The van der Waals surface area contributed by atoms with Crippen molar-refractivity contribution in [3.63, 3.8) is 0 Å². The van der Waals surface area contributed by atoms with E-state index in [4.69, 9.17) is 0 Å². The first-order valence-electron chi connectivity index (χ1n) is 5.29. The maximum Gasteiger partial charge on any atom is -0.00885 e. The fourth-order valence-electron chi connectivity index (χ4n) is 1.55. The van der Waals surface area contributed by atoms with Gasteiger partial charge in [0.25, 0.3) is 0 Å². The largest absolute Gasteiger partial charge is 0.106 e. The topological polar surface area (TPSA) is 0 Å². The highest BCUT2D eigenvalue weighted by Gasteiger charge is 2.09. The van der Waals surface area contributed by atoms with Crippen LogP contribution in [0.5, 0.6) is 0 Å². The molecule has 0 bridgehead atoms. The molecule has 0 nitrogen and oxygen atoms in total. The van der Waals surface area contributed by atoms with Crippen molar-refractivity contribution < 1.29 is 0 Å². The lowest BCUT2D eigenvalue weighted by molar-refractivity contribution is 1.20. The molecule has 0 atom stereocenters. The average Bonchev–Trinajstić information content (AvgIpc) is 3.06. The second-order valence-electron chi connectivity index (χ2n) is 3.13. The van der Waals surface area contributed by atoms with E-state index in [1.165, 1.54) is 16.7 Å². The molecule has 0 saturated carbocycles. The zero-order chi connectivity index (χ0) is 12.4. The van der Waals surface area contributed by atoms with E-state index in [9.17, 15) is 0 Å². The molecule has 2 aliphatic carbocycles. The molecule has 0 aromatic heterocycles. The molecule has 2 aliphatic rings. The minimum atomic E-state index is 1.05. The van der Waals surface area contributed by atoms with Crippen molar-refractivity contribution in [1.29, 1.82) is 0 Å². The van der Waals surface area contributed by atoms with Gasteiger partial charge < -0.3 is 0 Å². The van der Waals surface area contributed by atoms with Crippen molar-refractivity contribution in [2.24, 2.45) is 0 Å². The van der Waals surface area contributed by atoms with E-state index in [0.29, 0.717) is 0 Å². The predicted octanol–water partition coefficient (Wildman–Crippen LogP) is 4.92. The highest BCUT2D eigenvalue weighted by atomic mass is 14.1. The standard InChI is InChI=1S/C12H12.2C2H4/c1-10(11-6-2-3-7-11)12-8-4-5-9-12;2*1-2/h2-6,8H,1,7,9H2;2*1-2H2. The SMILES string of the molecule is C=C.C=C.C=C(C1=CC=CC1)C1=CC=CC1. The van der Waals surface area contributed by atoms with Crippen LogP contribution in [0.3, 0.4) is 0 Å². The van der Waals surface area contributed by atoms with Gasteiger partial charge in [-0.2, -0.15) is 0 Å². The van der Waals surface area contributed by atoms with Gasteiger partial charge >= 0.3 is 0 Å². The Bertz CT molecular complexity index is 314. The van der Waals surface area contributed by atoms with Crippen LogP contribution in [-0.2, 0) is 0 Å². The Morgan fingerprint density at radius 2 is 1.19 bits per heavy atom. The van der Waals surface area contributed by atoms with Crippen molar-refractivity contribution in [2.45, 2.75) is 12.8 Å². The minimum Gasteiger partial charge on any atom is -0.106 e. The molecule has 16 heavy (non-hydrogen) atoms. The zero-order valence-electron chi connectivity index (χ0n) is 9.91. The van der Waals surface area contributed by atoms with Gasteiger partial charge in [0.1, 0.15) is 0 Å². The molecule has 0 N–H and O–H groups in total. The molecule has 0 aromatic rings. The Morgan fingerprint density at radius 1 is 0.812 bits per heavy atom. The highest BCUT2D eigenvalue weighted by molar-refractivity contribution is 5.52. The normalized spacial score (nSPS) is 15.2. The van der Waals surface area contributed by atoms with Gasteiger partial charge in [-0.1, -0.05) is 43.0 Å². The monoisotopic (exact) mass is 212 g/mol. The summed E-state index contributed by atoms with van der Waals surface area (Å²) in [6.07, 6.45) is 15.0. The summed E-state index contributed by atoms with van der Waals surface area (Å²) in [6.45, 7) is 16.1. The fraction of sp³-hybridized carbons (Fsp3) is 0.125. The van der Waals surface area contributed by atoms with E-state index in [1.54, 1.807) is 0 Å².